The average molecular weight is 321 g/mol. The van der Waals surface area contributed by atoms with Crippen LogP contribution in [0.4, 0.5) is 4.39 Å². The predicted molar refractivity (Wildman–Crippen MR) is 70.1 cm³/mol. The van der Waals surface area contributed by atoms with Gasteiger partial charge in [0, 0.05) is 15.2 Å². The SMILES string of the molecule is CC(C)CC[C@H](N)c1cc(I)ccc1F. The maximum Gasteiger partial charge on any atom is 0.128 e. The van der Waals surface area contributed by atoms with E-state index < -0.39 is 0 Å². The van der Waals surface area contributed by atoms with E-state index in [0.29, 0.717) is 11.5 Å². The first kappa shape index (κ1) is 12.9. The number of rotatable bonds is 4. The first-order valence-electron chi connectivity index (χ1n) is 5.21. The van der Waals surface area contributed by atoms with Gasteiger partial charge in [-0.3, -0.25) is 0 Å². The lowest BCUT2D eigenvalue weighted by atomic mass is 9.98. The zero-order valence-corrected chi connectivity index (χ0v) is 11.3. The normalized spacial score (nSPS) is 13.2. The molecule has 1 nitrogen and oxygen atoms in total. The highest BCUT2D eigenvalue weighted by molar-refractivity contribution is 14.1. The molecule has 0 unspecified atom stereocenters. The molecule has 0 aromatic heterocycles. The Hall–Kier alpha value is -0.160. The van der Waals surface area contributed by atoms with Gasteiger partial charge in [-0.15, -0.1) is 0 Å². The first-order chi connectivity index (χ1) is 7.00. The number of hydrogen-bond donors (Lipinski definition) is 1. The molecule has 0 radical (unpaired) electrons. The molecule has 1 rings (SSSR count). The van der Waals surface area contributed by atoms with E-state index in [1.165, 1.54) is 6.07 Å². The Kier molecular flexibility index (Phi) is 4.99. The summed E-state index contributed by atoms with van der Waals surface area (Å²) in [6.07, 6.45) is 1.88. The molecule has 0 saturated carbocycles. The van der Waals surface area contributed by atoms with Crippen LogP contribution >= 0.6 is 22.6 Å². The van der Waals surface area contributed by atoms with Crippen LogP contribution in [0.5, 0.6) is 0 Å². The summed E-state index contributed by atoms with van der Waals surface area (Å²) in [5, 5.41) is 0. The molecule has 3 heteroatoms. The molecule has 2 N–H and O–H groups in total. The summed E-state index contributed by atoms with van der Waals surface area (Å²) in [6.45, 7) is 4.30. The van der Waals surface area contributed by atoms with Gasteiger partial charge in [-0.05, 0) is 59.5 Å². The monoisotopic (exact) mass is 321 g/mol. The van der Waals surface area contributed by atoms with E-state index in [1.54, 1.807) is 6.07 Å². The third-order valence-corrected chi connectivity index (χ3v) is 3.08. The highest BCUT2D eigenvalue weighted by atomic mass is 127. The minimum absolute atomic E-state index is 0.179. The van der Waals surface area contributed by atoms with Crippen molar-refractivity contribution in [3.8, 4) is 0 Å². The zero-order chi connectivity index (χ0) is 11.4. The van der Waals surface area contributed by atoms with Crippen molar-refractivity contribution in [1.82, 2.24) is 0 Å². The Morgan fingerprint density at radius 3 is 2.60 bits per heavy atom. The van der Waals surface area contributed by atoms with Crippen LogP contribution in [0.3, 0.4) is 0 Å². The lowest BCUT2D eigenvalue weighted by Gasteiger charge is -2.14. The third kappa shape index (κ3) is 4.07. The average Bonchev–Trinajstić information content (AvgIpc) is 2.18. The van der Waals surface area contributed by atoms with Crippen molar-refractivity contribution in [2.45, 2.75) is 32.7 Å². The second-order valence-corrected chi connectivity index (χ2v) is 5.49. The largest absolute Gasteiger partial charge is 0.324 e. The van der Waals surface area contributed by atoms with Crippen LogP contribution in [0, 0.1) is 15.3 Å². The Labute approximate surface area is 104 Å². The molecule has 0 aliphatic heterocycles. The molecule has 15 heavy (non-hydrogen) atoms. The van der Waals surface area contributed by atoms with Gasteiger partial charge in [0.1, 0.15) is 5.82 Å². The molecule has 0 bridgehead atoms. The summed E-state index contributed by atoms with van der Waals surface area (Å²) in [6, 6.07) is 4.91. The molecule has 0 aliphatic rings. The van der Waals surface area contributed by atoms with Gasteiger partial charge in [0.05, 0.1) is 0 Å². The van der Waals surface area contributed by atoms with Crippen LogP contribution in [0.2, 0.25) is 0 Å². The second-order valence-electron chi connectivity index (χ2n) is 4.24. The Balaban J connectivity index is 2.72. The smallest absolute Gasteiger partial charge is 0.128 e. The number of benzene rings is 1. The summed E-state index contributed by atoms with van der Waals surface area (Å²) in [5.41, 5.74) is 6.61. The molecule has 1 aromatic rings. The molecule has 0 heterocycles. The lowest BCUT2D eigenvalue weighted by Crippen LogP contribution is -2.13. The van der Waals surface area contributed by atoms with Gasteiger partial charge in [0.2, 0.25) is 0 Å². The molecule has 1 aromatic carbocycles. The van der Waals surface area contributed by atoms with Crippen molar-refractivity contribution in [3.63, 3.8) is 0 Å². The van der Waals surface area contributed by atoms with E-state index >= 15 is 0 Å². The minimum Gasteiger partial charge on any atom is -0.324 e. The van der Waals surface area contributed by atoms with Crippen LogP contribution < -0.4 is 5.73 Å². The van der Waals surface area contributed by atoms with Gasteiger partial charge in [0.15, 0.2) is 0 Å². The summed E-state index contributed by atoms with van der Waals surface area (Å²) >= 11 is 2.18. The van der Waals surface area contributed by atoms with Crippen molar-refractivity contribution in [2.75, 3.05) is 0 Å². The maximum atomic E-state index is 13.5. The molecule has 0 fully saturated rings. The van der Waals surface area contributed by atoms with Gasteiger partial charge < -0.3 is 5.73 Å². The maximum absolute atomic E-state index is 13.5. The molecule has 0 aliphatic carbocycles. The van der Waals surface area contributed by atoms with Gasteiger partial charge in [-0.25, -0.2) is 4.39 Å². The van der Waals surface area contributed by atoms with E-state index in [-0.39, 0.29) is 11.9 Å². The number of halogens is 2. The predicted octanol–water partition coefficient (Wildman–Crippen LogP) is 3.87. The minimum atomic E-state index is -0.188. The third-order valence-electron chi connectivity index (χ3n) is 2.41. The number of nitrogens with two attached hydrogens (primary N) is 1. The van der Waals surface area contributed by atoms with Crippen molar-refractivity contribution in [1.29, 1.82) is 0 Å². The topological polar surface area (TPSA) is 26.0 Å². The van der Waals surface area contributed by atoms with Crippen LogP contribution in [0.1, 0.15) is 38.3 Å². The molecule has 0 spiro atoms. The summed E-state index contributed by atoms with van der Waals surface area (Å²) in [4.78, 5) is 0. The van der Waals surface area contributed by atoms with E-state index in [1.807, 2.05) is 6.07 Å². The fourth-order valence-electron chi connectivity index (χ4n) is 1.47. The Morgan fingerprint density at radius 2 is 2.00 bits per heavy atom. The van der Waals surface area contributed by atoms with E-state index in [4.69, 9.17) is 5.73 Å². The van der Waals surface area contributed by atoms with Crippen LogP contribution in [0.15, 0.2) is 18.2 Å². The van der Waals surface area contributed by atoms with Crippen LogP contribution in [0.25, 0.3) is 0 Å². The molecule has 84 valence electrons. The molecular formula is C12H17FIN. The summed E-state index contributed by atoms with van der Waals surface area (Å²) in [5.74, 6) is 0.425. The highest BCUT2D eigenvalue weighted by Gasteiger charge is 2.12. The highest BCUT2D eigenvalue weighted by Crippen LogP contribution is 2.23. The van der Waals surface area contributed by atoms with Crippen LogP contribution in [-0.4, -0.2) is 0 Å². The van der Waals surface area contributed by atoms with Gasteiger partial charge in [-0.1, -0.05) is 13.8 Å². The standard InChI is InChI=1S/C12H17FIN/c1-8(2)3-6-12(15)10-7-9(14)4-5-11(10)13/h4-5,7-8,12H,3,6,15H2,1-2H3/t12-/m0/s1. The van der Waals surface area contributed by atoms with Crippen molar-refractivity contribution in [2.24, 2.45) is 11.7 Å². The Bertz CT molecular complexity index is 325. The van der Waals surface area contributed by atoms with E-state index in [0.717, 1.165) is 16.4 Å². The molecule has 0 amide bonds. The zero-order valence-electron chi connectivity index (χ0n) is 9.13. The summed E-state index contributed by atoms with van der Waals surface area (Å²) in [7, 11) is 0. The van der Waals surface area contributed by atoms with Crippen LogP contribution in [-0.2, 0) is 0 Å². The van der Waals surface area contributed by atoms with Crippen molar-refractivity contribution in [3.05, 3.63) is 33.1 Å². The fourth-order valence-corrected chi connectivity index (χ4v) is 1.98. The lowest BCUT2D eigenvalue weighted by molar-refractivity contribution is 0.491. The molecular weight excluding hydrogens is 304 g/mol. The van der Waals surface area contributed by atoms with Gasteiger partial charge in [-0.2, -0.15) is 0 Å². The quantitative estimate of drug-likeness (QED) is 0.837. The molecule has 1 atom stereocenters. The van der Waals surface area contributed by atoms with Gasteiger partial charge in [0.25, 0.3) is 0 Å². The van der Waals surface area contributed by atoms with Crippen molar-refractivity contribution < 1.29 is 4.39 Å². The Morgan fingerprint density at radius 1 is 1.33 bits per heavy atom. The second kappa shape index (κ2) is 5.80. The molecule has 0 saturated heterocycles. The van der Waals surface area contributed by atoms with E-state index in [9.17, 15) is 4.39 Å². The van der Waals surface area contributed by atoms with Crippen molar-refractivity contribution >= 4 is 22.6 Å². The van der Waals surface area contributed by atoms with E-state index in [2.05, 4.69) is 36.4 Å². The first-order valence-corrected chi connectivity index (χ1v) is 6.29. The van der Waals surface area contributed by atoms with Gasteiger partial charge >= 0.3 is 0 Å². The number of hydrogen-bond acceptors (Lipinski definition) is 1. The fraction of sp³-hybridized carbons (Fsp3) is 0.500. The summed E-state index contributed by atoms with van der Waals surface area (Å²) < 4.78 is 14.5.